The first-order chi connectivity index (χ1) is 15.4. The van der Waals surface area contributed by atoms with Crippen molar-refractivity contribution in [3.05, 3.63) is 29.2 Å². The summed E-state index contributed by atoms with van der Waals surface area (Å²) >= 11 is 0. The fourth-order valence-electron chi connectivity index (χ4n) is 5.38. The summed E-state index contributed by atoms with van der Waals surface area (Å²) in [5.74, 6) is 0.932. The van der Waals surface area contributed by atoms with Gasteiger partial charge in [-0.2, -0.15) is 0 Å². The fourth-order valence-corrected chi connectivity index (χ4v) is 5.38. The van der Waals surface area contributed by atoms with Gasteiger partial charge in [0.15, 0.2) is 11.3 Å². The molecule has 1 amide bonds. The van der Waals surface area contributed by atoms with Gasteiger partial charge in [-0.1, -0.05) is 48.5 Å². The molecule has 0 bridgehead atoms. The molecule has 184 valence electrons. The highest BCUT2D eigenvalue weighted by Gasteiger charge is 2.36. The van der Waals surface area contributed by atoms with E-state index in [1.165, 1.54) is 37.8 Å². The second-order valence-electron chi connectivity index (χ2n) is 12.3. The summed E-state index contributed by atoms with van der Waals surface area (Å²) in [6.45, 7) is 20.5. The summed E-state index contributed by atoms with van der Waals surface area (Å²) in [6.07, 6.45) is 8.11. The summed E-state index contributed by atoms with van der Waals surface area (Å²) in [7, 11) is 0. The Morgan fingerprint density at radius 3 is 2.24 bits per heavy atom. The van der Waals surface area contributed by atoms with Gasteiger partial charge >= 0.3 is 0 Å². The van der Waals surface area contributed by atoms with E-state index in [1.54, 1.807) is 0 Å². The van der Waals surface area contributed by atoms with Crippen molar-refractivity contribution in [2.45, 2.75) is 124 Å². The van der Waals surface area contributed by atoms with Crippen molar-refractivity contribution >= 4 is 17.0 Å². The Hall–Kier alpha value is -1.84. The van der Waals surface area contributed by atoms with Crippen LogP contribution in [0.3, 0.4) is 0 Å². The monoisotopic (exact) mass is 454 g/mol. The molecule has 1 saturated carbocycles. The number of piperidine rings is 1. The minimum atomic E-state index is -0.130. The Labute approximate surface area is 201 Å². The average molecular weight is 455 g/mol. The van der Waals surface area contributed by atoms with E-state index in [9.17, 15) is 4.79 Å². The third kappa shape index (κ3) is 5.46. The van der Waals surface area contributed by atoms with Crippen LogP contribution in [0.2, 0.25) is 0 Å². The Morgan fingerprint density at radius 1 is 1.03 bits per heavy atom. The molecule has 0 atom stereocenters. The molecule has 2 fully saturated rings. The Bertz CT molecular complexity index is 967. The van der Waals surface area contributed by atoms with Gasteiger partial charge < -0.3 is 9.32 Å². The molecule has 1 aliphatic heterocycles. The van der Waals surface area contributed by atoms with Gasteiger partial charge in [-0.25, -0.2) is 4.98 Å². The average Bonchev–Trinajstić information content (AvgIpc) is 3.17. The maximum Gasteiger partial charge on any atom is 0.290 e. The summed E-state index contributed by atoms with van der Waals surface area (Å²) in [4.78, 5) is 20.4. The SMILES string of the molecule is CC.CC1(C)CCC(c2cc(C(C)(C)C)c3oc(C(=O)N4CCCCC4(C)C)cc3n2)CC1. The molecule has 3 heterocycles. The molecule has 4 heteroatoms. The van der Waals surface area contributed by atoms with E-state index in [-0.39, 0.29) is 16.9 Å². The van der Waals surface area contributed by atoms with Crippen LogP contribution in [0.25, 0.3) is 11.1 Å². The number of carbonyl (C=O) groups excluding carboxylic acids is 1. The molecule has 1 saturated heterocycles. The number of aromatic nitrogens is 1. The molecule has 4 nitrogen and oxygen atoms in total. The maximum absolute atomic E-state index is 13.4. The molecule has 2 aliphatic rings. The Balaban J connectivity index is 0.00000149. The third-order valence-electron chi connectivity index (χ3n) is 7.67. The van der Waals surface area contributed by atoms with E-state index in [4.69, 9.17) is 9.40 Å². The number of amides is 1. The highest BCUT2D eigenvalue weighted by atomic mass is 16.3. The van der Waals surface area contributed by atoms with E-state index in [0.717, 1.165) is 36.0 Å². The Morgan fingerprint density at radius 2 is 1.67 bits per heavy atom. The number of carbonyl (C=O) groups is 1. The van der Waals surface area contributed by atoms with Crippen LogP contribution in [0.5, 0.6) is 0 Å². The zero-order chi connectivity index (χ0) is 24.6. The van der Waals surface area contributed by atoms with Crippen LogP contribution in [-0.4, -0.2) is 27.9 Å². The van der Waals surface area contributed by atoms with Gasteiger partial charge in [0.25, 0.3) is 5.91 Å². The normalized spacial score (nSPS) is 20.9. The number of fused-ring (bicyclic) bond motifs is 1. The van der Waals surface area contributed by atoms with E-state index in [2.05, 4.69) is 54.5 Å². The van der Waals surface area contributed by atoms with Crippen molar-refractivity contribution < 1.29 is 9.21 Å². The molecule has 2 aromatic heterocycles. The largest absolute Gasteiger partial charge is 0.449 e. The molecule has 2 aromatic rings. The van der Waals surface area contributed by atoms with Crippen LogP contribution in [-0.2, 0) is 5.41 Å². The molecular weight excluding hydrogens is 408 g/mol. The van der Waals surface area contributed by atoms with Crippen LogP contribution in [0.15, 0.2) is 16.5 Å². The molecule has 0 unspecified atom stereocenters. The Kier molecular flexibility index (Phi) is 7.36. The van der Waals surface area contributed by atoms with Gasteiger partial charge in [0.05, 0.1) is 0 Å². The topological polar surface area (TPSA) is 46.3 Å². The fraction of sp³-hybridized carbons (Fsp3) is 0.724. The van der Waals surface area contributed by atoms with Crippen molar-refractivity contribution in [2.24, 2.45) is 5.41 Å². The minimum absolute atomic E-state index is 0.00326. The number of likely N-dealkylation sites (tertiary alicyclic amines) is 1. The highest BCUT2D eigenvalue weighted by molar-refractivity contribution is 5.96. The minimum Gasteiger partial charge on any atom is -0.449 e. The zero-order valence-electron chi connectivity index (χ0n) is 22.6. The van der Waals surface area contributed by atoms with Crippen LogP contribution >= 0.6 is 0 Å². The molecule has 0 spiro atoms. The zero-order valence-corrected chi connectivity index (χ0v) is 22.6. The van der Waals surface area contributed by atoms with Crippen LogP contribution in [0.4, 0.5) is 0 Å². The molecule has 0 radical (unpaired) electrons. The number of furan rings is 1. The van der Waals surface area contributed by atoms with E-state index in [1.807, 2.05) is 24.8 Å². The number of nitrogens with zero attached hydrogens (tertiary/aromatic N) is 2. The standard InChI is InChI=1S/C27H40N2O2.C2H6/c1-25(2,3)19-16-20(18-10-13-26(4,5)14-11-18)28-21-17-22(31-23(19)21)24(30)29-15-9-8-12-27(29,6)7;1-2/h16-18H,8-15H2,1-7H3;1-2H3. The van der Waals surface area contributed by atoms with Crippen molar-refractivity contribution in [3.63, 3.8) is 0 Å². The van der Waals surface area contributed by atoms with Crippen molar-refractivity contribution in [1.29, 1.82) is 0 Å². The van der Waals surface area contributed by atoms with Gasteiger partial charge in [0.1, 0.15) is 5.52 Å². The van der Waals surface area contributed by atoms with E-state index < -0.39 is 0 Å². The van der Waals surface area contributed by atoms with E-state index >= 15 is 0 Å². The smallest absolute Gasteiger partial charge is 0.290 e. The second kappa shape index (κ2) is 9.43. The number of hydrogen-bond acceptors (Lipinski definition) is 3. The lowest BCUT2D eigenvalue weighted by molar-refractivity contribution is 0.0404. The van der Waals surface area contributed by atoms with Gasteiger partial charge in [-0.05, 0) is 75.7 Å². The molecule has 0 aromatic carbocycles. The number of pyridine rings is 1. The van der Waals surface area contributed by atoms with Gasteiger partial charge in [-0.15, -0.1) is 0 Å². The first-order valence-electron chi connectivity index (χ1n) is 13.1. The summed E-state index contributed by atoms with van der Waals surface area (Å²) in [5.41, 5.74) is 4.18. The van der Waals surface area contributed by atoms with Gasteiger partial charge in [-0.3, -0.25) is 4.79 Å². The van der Waals surface area contributed by atoms with Crippen molar-refractivity contribution in [1.82, 2.24) is 9.88 Å². The molecule has 1 aliphatic carbocycles. The van der Waals surface area contributed by atoms with Crippen LogP contribution in [0.1, 0.15) is 135 Å². The van der Waals surface area contributed by atoms with E-state index in [0.29, 0.717) is 17.1 Å². The lowest BCUT2D eigenvalue weighted by Crippen LogP contribution is -2.50. The van der Waals surface area contributed by atoms with Crippen molar-refractivity contribution in [3.8, 4) is 0 Å². The van der Waals surface area contributed by atoms with Crippen LogP contribution < -0.4 is 0 Å². The van der Waals surface area contributed by atoms with Gasteiger partial charge in [0.2, 0.25) is 0 Å². The summed E-state index contributed by atoms with van der Waals surface area (Å²) in [5, 5.41) is 0. The number of hydrogen-bond donors (Lipinski definition) is 0. The number of rotatable bonds is 2. The molecular formula is C29H46N2O2. The third-order valence-corrected chi connectivity index (χ3v) is 7.67. The lowest BCUT2D eigenvalue weighted by Gasteiger charge is -2.42. The first-order valence-corrected chi connectivity index (χ1v) is 13.1. The highest BCUT2D eigenvalue weighted by Crippen LogP contribution is 2.43. The van der Waals surface area contributed by atoms with Crippen LogP contribution in [0, 0.1) is 5.41 Å². The molecule has 4 rings (SSSR count). The summed E-state index contributed by atoms with van der Waals surface area (Å²) < 4.78 is 6.26. The van der Waals surface area contributed by atoms with Gasteiger partial charge in [0, 0.05) is 35.3 Å². The predicted molar refractivity (Wildman–Crippen MR) is 138 cm³/mol. The lowest BCUT2D eigenvalue weighted by atomic mass is 9.72. The first kappa shape index (κ1) is 25.8. The second-order valence-corrected chi connectivity index (χ2v) is 12.3. The summed E-state index contributed by atoms with van der Waals surface area (Å²) in [6, 6.07) is 4.15. The quantitative estimate of drug-likeness (QED) is 0.459. The molecule has 33 heavy (non-hydrogen) atoms. The maximum atomic E-state index is 13.4. The van der Waals surface area contributed by atoms with Crippen molar-refractivity contribution in [2.75, 3.05) is 6.54 Å². The molecule has 0 N–H and O–H groups in total. The predicted octanol–water partition coefficient (Wildman–Crippen LogP) is 8.24.